The number of hydrazone groups is 1. The molecule has 0 bridgehead atoms. The lowest BCUT2D eigenvalue weighted by molar-refractivity contribution is -0.130. The molecule has 1 aliphatic heterocycles. The zero-order chi connectivity index (χ0) is 25.1. The number of methoxy groups -OCH3 is 2. The number of benzene rings is 2. The van der Waals surface area contributed by atoms with Gasteiger partial charge in [-0.05, 0) is 30.0 Å². The second kappa shape index (κ2) is 10.8. The molecule has 0 spiro atoms. The Bertz CT molecular complexity index is 1390. The van der Waals surface area contributed by atoms with Gasteiger partial charge in [-0.1, -0.05) is 43.3 Å². The standard InChI is InChI=1S/C28H29N3O3S2/c1-4-14-30-17-26(19-9-5-6-11-22(19)30)36-18-27(32)31-23(16-21(29-31)25-13-8-15-35-25)20-10-7-12-24(33-2)28(20)34-3/h5-13,15,17,23H,4,14,16,18H2,1-3H3. The number of hydrogen-bond donors (Lipinski definition) is 0. The number of rotatable bonds is 9. The molecule has 0 radical (unpaired) electrons. The molecule has 0 fully saturated rings. The highest BCUT2D eigenvalue weighted by molar-refractivity contribution is 8.00. The second-order valence-electron chi connectivity index (χ2n) is 8.56. The third-order valence-corrected chi connectivity index (χ3v) is 8.28. The van der Waals surface area contributed by atoms with E-state index in [9.17, 15) is 4.79 Å². The quantitative estimate of drug-likeness (QED) is 0.234. The molecule has 5 rings (SSSR count). The Morgan fingerprint density at radius 1 is 1.11 bits per heavy atom. The summed E-state index contributed by atoms with van der Waals surface area (Å²) in [5, 5.41) is 9.68. The second-order valence-corrected chi connectivity index (χ2v) is 10.5. The van der Waals surface area contributed by atoms with Crippen molar-refractivity contribution in [2.24, 2.45) is 5.10 Å². The number of carbonyl (C=O) groups excluding carboxylic acids is 1. The fourth-order valence-electron chi connectivity index (χ4n) is 4.71. The van der Waals surface area contributed by atoms with Crippen LogP contribution in [0.25, 0.3) is 10.9 Å². The molecule has 1 unspecified atom stereocenters. The maximum atomic E-state index is 13.7. The summed E-state index contributed by atoms with van der Waals surface area (Å²) in [5.74, 6) is 1.55. The monoisotopic (exact) mass is 519 g/mol. The zero-order valence-corrected chi connectivity index (χ0v) is 22.3. The molecular formula is C28H29N3O3S2. The molecule has 0 N–H and O–H groups in total. The molecule has 1 atom stereocenters. The molecule has 1 aliphatic rings. The van der Waals surface area contributed by atoms with Gasteiger partial charge in [0.15, 0.2) is 11.5 Å². The molecule has 36 heavy (non-hydrogen) atoms. The number of amides is 1. The van der Waals surface area contributed by atoms with Gasteiger partial charge in [-0.15, -0.1) is 23.1 Å². The summed E-state index contributed by atoms with van der Waals surface area (Å²) in [5.41, 5.74) is 3.01. The van der Waals surface area contributed by atoms with Crippen LogP contribution < -0.4 is 9.47 Å². The molecule has 1 amide bonds. The van der Waals surface area contributed by atoms with Crippen molar-refractivity contribution >= 4 is 45.6 Å². The molecule has 4 aromatic rings. The van der Waals surface area contributed by atoms with Gasteiger partial charge < -0.3 is 14.0 Å². The highest BCUT2D eigenvalue weighted by Gasteiger charge is 2.35. The summed E-state index contributed by atoms with van der Waals surface area (Å²) < 4.78 is 13.5. The minimum Gasteiger partial charge on any atom is -0.493 e. The first kappa shape index (κ1) is 24.5. The van der Waals surface area contributed by atoms with Crippen molar-refractivity contribution in [1.29, 1.82) is 0 Å². The number of thiophene rings is 1. The molecule has 0 saturated carbocycles. The first-order chi connectivity index (χ1) is 17.6. The maximum Gasteiger partial charge on any atom is 0.253 e. The number of fused-ring (bicyclic) bond motifs is 1. The number of hydrogen-bond acceptors (Lipinski definition) is 6. The highest BCUT2D eigenvalue weighted by atomic mass is 32.2. The van der Waals surface area contributed by atoms with Crippen molar-refractivity contribution in [3.8, 4) is 11.5 Å². The Hall–Kier alpha value is -3.23. The van der Waals surface area contributed by atoms with Crippen LogP contribution >= 0.6 is 23.1 Å². The summed E-state index contributed by atoms with van der Waals surface area (Å²) in [6.07, 6.45) is 3.84. The molecule has 2 aromatic heterocycles. The summed E-state index contributed by atoms with van der Waals surface area (Å²) in [6, 6.07) is 18.0. The zero-order valence-electron chi connectivity index (χ0n) is 20.6. The van der Waals surface area contributed by atoms with Crippen LogP contribution in [0.4, 0.5) is 0 Å². The van der Waals surface area contributed by atoms with Crippen molar-refractivity contribution < 1.29 is 14.3 Å². The number of nitrogens with zero attached hydrogens (tertiary/aromatic N) is 3. The van der Waals surface area contributed by atoms with Gasteiger partial charge in [0.25, 0.3) is 5.91 Å². The normalized spacial score (nSPS) is 15.4. The first-order valence-corrected chi connectivity index (χ1v) is 13.9. The summed E-state index contributed by atoms with van der Waals surface area (Å²) in [4.78, 5) is 15.9. The van der Waals surface area contributed by atoms with Gasteiger partial charge in [-0.3, -0.25) is 4.79 Å². The lowest BCUT2D eigenvalue weighted by Gasteiger charge is -2.24. The molecule has 2 aromatic carbocycles. The number of aryl methyl sites for hydroxylation is 1. The summed E-state index contributed by atoms with van der Waals surface area (Å²) in [7, 11) is 3.25. The first-order valence-electron chi connectivity index (χ1n) is 12.0. The third-order valence-electron chi connectivity index (χ3n) is 6.33. The predicted octanol–water partition coefficient (Wildman–Crippen LogP) is 6.60. The molecule has 8 heteroatoms. The average Bonchev–Trinajstić information content (AvgIpc) is 3.66. The van der Waals surface area contributed by atoms with E-state index in [4.69, 9.17) is 14.6 Å². The maximum absolute atomic E-state index is 13.7. The third kappa shape index (κ3) is 4.63. The summed E-state index contributed by atoms with van der Waals surface area (Å²) >= 11 is 3.21. The van der Waals surface area contributed by atoms with Crippen LogP contribution in [0, 0.1) is 0 Å². The van der Waals surface area contributed by atoms with E-state index < -0.39 is 0 Å². The topological polar surface area (TPSA) is 56.1 Å². The molecule has 186 valence electrons. The Labute approximate surface area is 219 Å². The Kier molecular flexibility index (Phi) is 7.34. The highest BCUT2D eigenvalue weighted by Crippen LogP contribution is 2.42. The van der Waals surface area contributed by atoms with Crippen LogP contribution in [-0.4, -0.2) is 41.2 Å². The lowest BCUT2D eigenvalue weighted by atomic mass is 9.99. The van der Waals surface area contributed by atoms with Crippen molar-refractivity contribution in [3.63, 3.8) is 0 Å². The van der Waals surface area contributed by atoms with Crippen molar-refractivity contribution in [1.82, 2.24) is 9.58 Å². The van der Waals surface area contributed by atoms with Crippen LogP contribution in [0.15, 0.2) is 76.2 Å². The molecule has 3 heterocycles. The minimum atomic E-state index is -0.262. The Morgan fingerprint density at radius 3 is 2.72 bits per heavy atom. The number of para-hydroxylation sites is 2. The van der Waals surface area contributed by atoms with Crippen LogP contribution in [0.5, 0.6) is 11.5 Å². The van der Waals surface area contributed by atoms with Crippen LogP contribution in [-0.2, 0) is 11.3 Å². The number of thioether (sulfide) groups is 1. The molecular weight excluding hydrogens is 490 g/mol. The van der Waals surface area contributed by atoms with E-state index in [-0.39, 0.29) is 11.9 Å². The van der Waals surface area contributed by atoms with E-state index in [1.54, 1.807) is 42.3 Å². The van der Waals surface area contributed by atoms with Crippen molar-refractivity contribution in [3.05, 3.63) is 76.6 Å². The van der Waals surface area contributed by atoms with Crippen molar-refractivity contribution in [2.75, 3.05) is 20.0 Å². The van der Waals surface area contributed by atoms with E-state index in [0.29, 0.717) is 23.7 Å². The summed E-state index contributed by atoms with van der Waals surface area (Å²) in [6.45, 7) is 3.13. The fraction of sp³-hybridized carbons (Fsp3) is 0.286. The van der Waals surface area contributed by atoms with E-state index in [2.05, 4.69) is 42.0 Å². The van der Waals surface area contributed by atoms with Gasteiger partial charge in [0.05, 0.1) is 36.6 Å². The smallest absolute Gasteiger partial charge is 0.253 e. The van der Waals surface area contributed by atoms with Gasteiger partial charge in [0, 0.05) is 40.5 Å². The number of carbonyl (C=O) groups is 1. The van der Waals surface area contributed by atoms with Crippen LogP contribution in [0.3, 0.4) is 0 Å². The van der Waals surface area contributed by atoms with E-state index in [1.165, 1.54) is 10.9 Å². The van der Waals surface area contributed by atoms with Gasteiger partial charge in [0.1, 0.15) is 0 Å². The van der Waals surface area contributed by atoms with E-state index in [1.807, 2.05) is 35.7 Å². The Morgan fingerprint density at radius 2 is 1.97 bits per heavy atom. The van der Waals surface area contributed by atoms with Gasteiger partial charge in [0.2, 0.25) is 0 Å². The van der Waals surface area contributed by atoms with E-state index >= 15 is 0 Å². The molecule has 0 aliphatic carbocycles. The SMILES string of the molecule is CCCn1cc(SCC(=O)N2N=C(c3cccs3)CC2c2cccc(OC)c2OC)c2ccccc21. The van der Waals surface area contributed by atoms with Crippen LogP contribution in [0.1, 0.15) is 36.2 Å². The molecule has 6 nitrogen and oxygen atoms in total. The van der Waals surface area contributed by atoms with Gasteiger partial charge in [-0.25, -0.2) is 5.01 Å². The number of ether oxygens (including phenoxy) is 2. The fourth-order valence-corrected chi connectivity index (χ4v) is 6.37. The number of aromatic nitrogens is 1. The Balaban J connectivity index is 1.44. The van der Waals surface area contributed by atoms with E-state index in [0.717, 1.165) is 34.0 Å². The van der Waals surface area contributed by atoms with Gasteiger partial charge >= 0.3 is 0 Å². The van der Waals surface area contributed by atoms with Crippen molar-refractivity contribution in [2.45, 2.75) is 37.2 Å². The largest absolute Gasteiger partial charge is 0.493 e. The predicted molar refractivity (Wildman–Crippen MR) is 148 cm³/mol. The molecule has 0 saturated heterocycles. The average molecular weight is 520 g/mol. The van der Waals surface area contributed by atoms with Gasteiger partial charge in [-0.2, -0.15) is 5.10 Å². The van der Waals surface area contributed by atoms with Crippen LogP contribution in [0.2, 0.25) is 0 Å². The lowest BCUT2D eigenvalue weighted by Crippen LogP contribution is -2.28. The minimum absolute atomic E-state index is 0.0336.